The average molecular weight is 839 g/mol. The number of carbonyl (C=O) groups excluding carboxylic acids is 2. The highest BCUT2D eigenvalue weighted by Crippen LogP contribution is 2.51. The van der Waals surface area contributed by atoms with Crippen LogP contribution in [0, 0.1) is 0 Å². The highest BCUT2D eigenvalue weighted by Gasteiger charge is 2.63. The molecule has 0 aliphatic carbocycles. The second-order valence-corrected chi connectivity index (χ2v) is 14.5. The molecule has 2 aromatic carbocycles. The van der Waals surface area contributed by atoms with Gasteiger partial charge in [0.1, 0.15) is 54.7 Å². The maximum absolute atomic E-state index is 13.3. The summed E-state index contributed by atoms with van der Waals surface area (Å²) in [6.45, 7) is 0.374. The SMILES string of the molecule is CCCCCC=CC=CC(O)CC=CC=CC(=O)OC1C(OC2OC(COC(=O)C=Cc3ccccc3)C(O)C(O)C2O)C(CO)OC2(OCc3cc(O)cc(O)c32)C1O. The molecule has 3 aliphatic heterocycles. The molecule has 2 aromatic rings. The van der Waals surface area contributed by atoms with Crippen molar-refractivity contribution >= 4 is 18.0 Å². The number of phenolic OH excluding ortho intramolecular Hbond substituents is 2. The molecule has 2 fully saturated rings. The van der Waals surface area contributed by atoms with Crippen molar-refractivity contribution < 1.29 is 78.9 Å². The molecule has 11 atom stereocenters. The molecule has 3 heterocycles. The summed E-state index contributed by atoms with van der Waals surface area (Å²) in [4.78, 5) is 25.8. The van der Waals surface area contributed by atoms with Gasteiger partial charge in [0.15, 0.2) is 18.5 Å². The smallest absolute Gasteiger partial charge is 0.331 e. The number of hydrogen-bond acceptors (Lipinski definition) is 16. The van der Waals surface area contributed by atoms with Crippen molar-refractivity contribution in [2.45, 2.75) is 113 Å². The van der Waals surface area contributed by atoms with Gasteiger partial charge < -0.3 is 69.3 Å². The van der Waals surface area contributed by atoms with Crippen LogP contribution in [-0.4, -0.2) is 127 Å². The van der Waals surface area contributed by atoms with Gasteiger partial charge in [0.2, 0.25) is 5.79 Å². The first-order valence-electron chi connectivity index (χ1n) is 19.8. The molecule has 0 aromatic heterocycles. The van der Waals surface area contributed by atoms with E-state index >= 15 is 0 Å². The number of fused-ring (bicyclic) bond motifs is 2. The van der Waals surface area contributed by atoms with Crippen LogP contribution in [0.25, 0.3) is 6.08 Å². The lowest BCUT2D eigenvalue weighted by atomic mass is 9.86. The molecule has 0 radical (unpaired) electrons. The summed E-state index contributed by atoms with van der Waals surface area (Å²) in [6.07, 6.45) is 3.22. The Bertz CT molecular complexity index is 1860. The second-order valence-electron chi connectivity index (χ2n) is 14.5. The fourth-order valence-electron chi connectivity index (χ4n) is 7.00. The number of aromatic hydroxyl groups is 2. The number of carbonyl (C=O) groups is 2. The number of esters is 2. The number of unbranched alkanes of at least 4 members (excludes halogenated alkanes) is 3. The highest BCUT2D eigenvalue weighted by atomic mass is 16.8. The van der Waals surface area contributed by atoms with E-state index < -0.39 is 97.9 Å². The Morgan fingerprint density at radius 1 is 0.900 bits per heavy atom. The van der Waals surface area contributed by atoms with Gasteiger partial charge in [-0.05, 0) is 42.5 Å². The van der Waals surface area contributed by atoms with E-state index in [1.807, 2.05) is 18.2 Å². The van der Waals surface area contributed by atoms with Gasteiger partial charge in [-0.2, -0.15) is 0 Å². The third-order valence-electron chi connectivity index (χ3n) is 10.1. The Balaban J connectivity index is 1.32. The van der Waals surface area contributed by atoms with E-state index in [1.54, 1.807) is 42.5 Å². The summed E-state index contributed by atoms with van der Waals surface area (Å²) in [6, 6.07) is 11.1. The Morgan fingerprint density at radius 2 is 1.67 bits per heavy atom. The first kappa shape index (κ1) is 46.3. The molecular formula is C44H54O16. The summed E-state index contributed by atoms with van der Waals surface area (Å²) in [5.41, 5.74) is 0.825. The van der Waals surface area contributed by atoms with Crippen LogP contribution >= 0.6 is 0 Å². The molecule has 8 N–H and O–H groups in total. The van der Waals surface area contributed by atoms with Crippen molar-refractivity contribution in [1.29, 1.82) is 0 Å². The van der Waals surface area contributed by atoms with Crippen LogP contribution in [-0.2, 0) is 50.4 Å². The summed E-state index contributed by atoms with van der Waals surface area (Å²) in [5, 5.41) is 86.2. The number of allylic oxidation sites excluding steroid dienone is 5. The van der Waals surface area contributed by atoms with Crippen LogP contribution in [0.15, 0.2) is 97.1 Å². The number of phenols is 2. The summed E-state index contributed by atoms with van der Waals surface area (Å²) in [5.74, 6) is -4.95. The number of aliphatic hydroxyl groups excluding tert-OH is 6. The van der Waals surface area contributed by atoms with E-state index in [2.05, 4.69) is 6.92 Å². The molecule has 60 heavy (non-hydrogen) atoms. The van der Waals surface area contributed by atoms with Crippen LogP contribution in [0.1, 0.15) is 55.7 Å². The average Bonchev–Trinajstić information content (AvgIpc) is 3.60. The Labute approximate surface area is 347 Å². The lowest BCUT2D eigenvalue weighted by Gasteiger charge is -2.50. The zero-order chi connectivity index (χ0) is 43.2. The summed E-state index contributed by atoms with van der Waals surface area (Å²) in [7, 11) is 0. The molecule has 16 heteroatoms. The molecular weight excluding hydrogens is 784 g/mol. The zero-order valence-electron chi connectivity index (χ0n) is 33.1. The molecule has 16 nitrogen and oxygen atoms in total. The Kier molecular flexibility index (Phi) is 17.2. The van der Waals surface area contributed by atoms with Crippen LogP contribution in [0.4, 0.5) is 0 Å². The largest absolute Gasteiger partial charge is 0.508 e. The number of rotatable bonds is 18. The number of hydrogen-bond donors (Lipinski definition) is 8. The molecule has 0 bridgehead atoms. The standard InChI is InChI=1S/C44H54O16/c1-2-3-4-5-6-7-12-17-29(46)18-13-9-14-19-35(50)58-41-40(32(24-45)60-44(42(41)54)36-28(25-56-44)22-30(47)23-31(36)48)59-43-39(53)38(52)37(51)33(57-43)26-55-34(49)21-20-27-15-10-8-11-16-27/h6-17,19-23,29,32-33,37-43,45-48,51-54H,2-5,18,24-26H2,1H3. The van der Waals surface area contributed by atoms with Gasteiger partial charge >= 0.3 is 11.9 Å². The maximum atomic E-state index is 13.3. The molecule has 3 aliphatic rings. The summed E-state index contributed by atoms with van der Waals surface area (Å²) < 4.78 is 34.7. The molecule has 2 saturated heterocycles. The van der Waals surface area contributed by atoms with Gasteiger partial charge in [0.25, 0.3) is 0 Å². The Hall–Kier alpha value is -4.72. The lowest BCUT2D eigenvalue weighted by molar-refractivity contribution is -0.395. The van der Waals surface area contributed by atoms with Crippen molar-refractivity contribution in [3.05, 3.63) is 114 Å². The van der Waals surface area contributed by atoms with Crippen molar-refractivity contribution in [3.63, 3.8) is 0 Å². The Morgan fingerprint density at radius 3 is 2.42 bits per heavy atom. The van der Waals surface area contributed by atoms with Crippen molar-refractivity contribution in [2.24, 2.45) is 0 Å². The van der Waals surface area contributed by atoms with Gasteiger partial charge in [0, 0.05) is 18.2 Å². The van der Waals surface area contributed by atoms with E-state index in [4.69, 9.17) is 28.4 Å². The third-order valence-corrected chi connectivity index (χ3v) is 10.1. The van der Waals surface area contributed by atoms with Gasteiger partial charge in [-0.1, -0.05) is 92.6 Å². The van der Waals surface area contributed by atoms with Crippen LogP contribution in [0.5, 0.6) is 11.5 Å². The molecule has 326 valence electrons. The molecule has 0 amide bonds. The quantitative estimate of drug-likeness (QED) is 0.0465. The molecule has 5 rings (SSSR count). The monoisotopic (exact) mass is 838 g/mol. The molecule has 11 unspecified atom stereocenters. The second kappa shape index (κ2) is 22.2. The van der Waals surface area contributed by atoms with E-state index in [1.165, 1.54) is 24.3 Å². The summed E-state index contributed by atoms with van der Waals surface area (Å²) >= 11 is 0. The first-order chi connectivity index (χ1) is 28.9. The minimum Gasteiger partial charge on any atom is -0.508 e. The fraction of sp³-hybridized carbons (Fsp3) is 0.455. The van der Waals surface area contributed by atoms with E-state index in [0.717, 1.165) is 49.5 Å². The predicted molar refractivity (Wildman–Crippen MR) is 213 cm³/mol. The van der Waals surface area contributed by atoms with E-state index in [0.29, 0.717) is 0 Å². The van der Waals surface area contributed by atoms with Gasteiger partial charge in [-0.15, -0.1) is 0 Å². The maximum Gasteiger partial charge on any atom is 0.331 e. The first-order valence-corrected chi connectivity index (χ1v) is 19.8. The van der Waals surface area contributed by atoms with Crippen molar-refractivity contribution in [1.82, 2.24) is 0 Å². The number of benzene rings is 2. The van der Waals surface area contributed by atoms with Crippen molar-refractivity contribution in [3.8, 4) is 11.5 Å². The third kappa shape index (κ3) is 11.8. The lowest BCUT2D eigenvalue weighted by Crippen LogP contribution is -2.67. The van der Waals surface area contributed by atoms with E-state index in [9.17, 15) is 50.4 Å². The molecule has 0 saturated carbocycles. The zero-order valence-corrected chi connectivity index (χ0v) is 33.1. The minimum absolute atomic E-state index is 0.112. The topological polar surface area (TPSA) is 251 Å². The minimum atomic E-state index is -2.27. The van der Waals surface area contributed by atoms with Crippen molar-refractivity contribution in [2.75, 3.05) is 13.2 Å². The normalized spacial score (nSPS) is 29.9. The van der Waals surface area contributed by atoms with Gasteiger partial charge in [-0.25, -0.2) is 9.59 Å². The van der Waals surface area contributed by atoms with Gasteiger partial charge in [0.05, 0.1) is 24.9 Å². The van der Waals surface area contributed by atoms with E-state index in [-0.39, 0.29) is 29.9 Å². The predicted octanol–water partition coefficient (Wildman–Crippen LogP) is 2.45. The van der Waals surface area contributed by atoms with Crippen LogP contribution < -0.4 is 0 Å². The van der Waals surface area contributed by atoms with Crippen LogP contribution in [0.2, 0.25) is 0 Å². The van der Waals surface area contributed by atoms with Gasteiger partial charge in [-0.3, -0.25) is 0 Å². The van der Waals surface area contributed by atoms with Crippen LogP contribution in [0.3, 0.4) is 0 Å². The number of aliphatic hydroxyl groups is 6. The fourth-order valence-corrected chi connectivity index (χ4v) is 7.00. The molecule has 1 spiro atoms. The number of ether oxygens (including phenoxy) is 6. The highest BCUT2D eigenvalue weighted by molar-refractivity contribution is 5.87.